The molecule has 2 rings (SSSR count). The van der Waals surface area contributed by atoms with E-state index in [0.29, 0.717) is 5.70 Å². The SMILES string of the molecule is CC1=CC[C@@H]([N+](=O)[O-])[C@H](c2ccccc2)N1C(=O)OC(C)(C)C. The van der Waals surface area contributed by atoms with Crippen molar-refractivity contribution in [1.82, 2.24) is 4.90 Å². The highest BCUT2D eigenvalue weighted by Gasteiger charge is 2.44. The first-order valence-corrected chi connectivity index (χ1v) is 7.58. The maximum absolute atomic E-state index is 12.6. The third-order valence-electron chi connectivity index (χ3n) is 3.68. The average molecular weight is 318 g/mol. The molecule has 6 nitrogen and oxygen atoms in total. The lowest BCUT2D eigenvalue weighted by atomic mass is 9.92. The molecule has 1 aliphatic heterocycles. The number of carbonyl (C=O) groups excluding carboxylic acids is 1. The van der Waals surface area contributed by atoms with Gasteiger partial charge in [-0.15, -0.1) is 0 Å². The normalized spacial score (nSPS) is 21.6. The molecule has 23 heavy (non-hydrogen) atoms. The van der Waals surface area contributed by atoms with Gasteiger partial charge < -0.3 is 4.74 Å². The highest BCUT2D eigenvalue weighted by atomic mass is 16.6. The monoisotopic (exact) mass is 318 g/mol. The molecule has 1 heterocycles. The first-order valence-electron chi connectivity index (χ1n) is 7.58. The van der Waals surface area contributed by atoms with Crippen LogP contribution in [0.2, 0.25) is 0 Å². The minimum atomic E-state index is -0.895. The Morgan fingerprint density at radius 1 is 1.30 bits per heavy atom. The highest BCUT2D eigenvalue weighted by molar-refractivity contribution is 5.71. The van der Waals surface area contributed by atoms with Crippen LogP contribution in [-0.4, -0.2) is 27.6 Å². The first kappa shape index (κ1) is 17.0. The lowest BCUT2D eigenvalue weighted by Gasteiger charge is -2.37. The van der Waals surface area contributed by atoms with E-state index in [-0.39, 0.29) is 11.3 Å². The van der Waals surface area contributed by atoms with Crippen molar-refractivity contribution in [3.63, 3.8) is 0 Å². The second-order valence-corrected chi connectivity index (χ2v) is 6.64. The predicted molar refractivity (Wildman–Crippen MR) is 86.4 cm³/mol. The van der Waals surface area contributed by atoms with E-state index in [1.807, 2.05) is 18.2 Å². The van der Waals surface area contributed by atoms with Crippen molar-refractivity contribution < 1.29 is 14.5 Å². The molecular weight excluding hydrogens is 296 g/mol. The maximum atomic E-state index is 12.6. The number of nitro groups is 1. The van der Waals surface area contributed by atoms with E-state index >= 15 is 0 Å². The van der Waals surface area contributed by atoms with Crippen LogP contribution in [0.5, 0.6) is 0 Å². The van der Waals surface area contributed by atoms with E-state index in [4.69, 9.17) is 4.74 Å². The molecule has 6 heteroatoms. The Morgan fingerprint density at radius 2 is 1.91 bits per heavy atom. The topological polar surface area (TPSA) is 72.7 Å². The molecule has 0 N–H and O–H groups in total. The molecular formula is C17H22N2O4. The molecule has 0 spiro atoms. The number of ether oxygens (including phenoxy) is 1. The van der Waals surface area contributed by atoms with Gasteiger partial charge in [-0.3, -0.25) is 15.0 Å². The van der Waals surface area contributed by atoms with Crippen molar-refractivity contribution >= 4 is 6.09 Å². The van der Waals surface area contributed by atoms with Crippen molar-refractivity contribution in [2.24, 2.45) is 0 Å². The Bertz CT molecular complexity index is 619. The second-order valence-electron chi connectivity index (χ2n) is 6.64. The minimum absolute atomic E-state index is 0.289. The molecule has 2 atom stereocenters. The van der Waals surface area contributed by atoms with Gasteiger partial charge in [0.15, 0.2) is 0 Å². The van der Waals surface area contributed by atoms with E-state index in [2.05, 4.69) is 0 Å². The second kappa shape index (κ2) is 6.40. The highest BCUT2D eigenvalue weighted by Crippen LogP contribution is 2.36. The van der Waals surface area contributed by atoms with E-state index in [9.17, 15) is 14.9 Å². The van der Waals surface area contributed by atoms with Crippen molar-refractivity contribution in [1.29, 1.82) is 0 Å². The molecule has 1 aliphatic rings. The average Bonchev–Trinajstić information content (AvgIpc) is 2.45. The molecule has 0 fully saturated rings. The molecule has 1 aromatic carbocycles. The van der Waals surface area contributed by atoms with Gasteiger partial charge in [-0.1, -0.05) is 36.4 Å². The number of hydrogen-bond acceptors (Lipinski definition) is 4. The van der Waals surface area contributed by atoms with Crippen LogP contribution in [0.3, 0.4) is 0 Å². The van der Waals surface area contributed by atoms with E-state index in [0.717, 1.165) is 5.56 Å². The van der Waals surface area contributed by atoms with Crippen molar-refractivity contribution in [3.05, 3.63) is 57.8 Å². The Hall–Kier alpha value is -2.37. The standard InChI is InChI=1S/C17H22N2O4/c1-12-10-11-14(19(21)22)15(13-8-6-5-7-9-13)18(12)16(20)23-17(2,3)4/h5-10,14-15H,11H2,1-4H3/t14-,15+/m1/s1. The van der Waals surface area contributed by atoms with Gasteiger partial charge in [0.2, 0.25) is 6.04 Å². The van der Waals surface area contributed by atoms with Gasteiger partial charge in [0, 0.05) is 17.0 Å². The number of rotatable bonds is 2. The Kier molecular flexibility index (Phi) is 4.73. The maximum Gasteiger partial charge on any atom is 0.415 e. The summed E-state index contributed by atoms with van der Waals surface area (Å²) in [5.74, 6) is 0. The Balaban J connectivity index is 2.45. The Labute approximate surface area is 135 Å². The summed E-state index contributed by atoms with van der Waals surface area (Å²) in [6.45, 7) is 7.10. The minimum Gasteiger partial charge on any atom is -0.443 e. The molecule has 1 amide bonds. The van der Waals surface area contributed by atoms with E-state index in [1.165, 1.54) is 4.90 Å². The van der Waals surface area contributed by atoms with Crippen LogP contribution in [0.1, 0.15) is 45.7 Å². The Morgan fingerprint density at radius 3 is 2.43 bits per heavy atom. The van der Waals surface area contributed by atoms with Crippen LogP contribution in [-0.2, 0) is 4.74 Å². The van der Waals surface area contributed by atoms with Crippen molar-refractivity contribution in [2.45, 2.75) is 51.8 Å². The van der Waals surface area contributed by atoms with Crippen molar-refractivity contribution in [2.75, 3.05) is 0 Å². The summed E-state index contributed by atoms with van der Waals surface area (Å²) in [7, 11) is 0. The molecule has 0 saturated carbocycles. The zero-order chi connectivity index (χ0) is 17.2. The zero-order valence-electron chi connectivity index (χ0n) is 13.9. The fourth-order valence-electron chi connectivity index (χ4n) is 2.70. The fraction of sp³-hybridized carbons (Fsp3) is 0.471. The zero-order valence-corrected chi connectivity index (χ0v) is 13.9. The summed E-state index contributed by atoms with van der Waals surface area (Å²) in [6.07, 6.45) is 1.45. The number of hydrogen-bond donors (Lipinski definition) is 0. The van der Waals surface area contributed by atoms with Crippen LogP contribution in [0.15, 0.2) is 42.1 Å². The number of nitrogens with zero attached hydrogens (tertiary/aromatic N) is 2. The molecule has 124 valence electrons. The fourth-order valence-corrected chi connectivity index (χ4v) is 2.70. The molecule has 0 radical (unpaired) electrons. The van der Waals surface area contributed by atoms with Gasteiger partial charge in [0.05, 0.1) is 0 Å². The number of carbonyl (C=O) groups is 1. The van der Waals surface area contributed by atoms with Crippen LogP contribution in [0, 0.1) is 10.1 Å². The molecule has 0 saturated heterocycles. The first-order chi connectivity index (χ1) is 10.7. The van der Waals surface area contributed by atoms with Crippen molar-refractivity contribution in [3.8, 4) is 0 Å². The summed E-state index contributed by atoms with van der Waals surface area (Å²) in [4.78, 5) is 25.2. The van der Waals surface area contributed by atoms with Crippen LogP contribution in [0.25, 0.3) is 0 Å². The quantitative estimate of drug-likeness (QED) is 0.612. The van der Waals surface area contributed by atoms with Crippen LogP contribution in [0.4, 0.5) is 4.79 Å². The van der Waals surface area contributed by atoms with Gasteiger partial charge in [-0.2, -0.15) is 0 Å². The smallest absolute Gasteiger partial charge is 0.415 e. The number of amides is 1. The van der Waals surface area contributed by atoms with Gasteiger partial charge in [-0.05, 0) is 33.3 Å². The summed E-state index contributed by atoms with van der Waals surface area (Å²) < 4.78 is 5.45. The number of benzene rings is 1. The molecule has 0 unspecified atom stereocenters. The molecule has 0 bridgehead atoms. The summed E-state index contributed by atoms with van der Waals surface area (Å²) in [5.41, 5.74) is 0.735. The van der Waals surface area contributed by atoms with E-state index in [1.54, 1.807) is 45.9 Å². The van der Waals surface area contributed by atoms with Gasteiger partial charge in [0.1, 0.15) is 11.6 Å². The van der Waals surface area contributed by atoms with Gasteiger partial charge in [0.25, 0.3) is 0 Å². The molecule has 1 aromatic rings. The lowest BCUT2D eigenvalue weighted by Crippen LogP contribution is -2.46. The summed E-state index contributed by atoms with van der Waals surface area (Å²) in [6, 6.07) is 7.50. The predicted octanol–water partition coefficient (Wildman–Crippen LogP) is 3.92. The summed E-state index contributed by atoms with van der Waals surface area (Å²) >= 11 is 0. The van der Waals surface area contributed by atoms with Crippen LogP contribution < -0.4 is 0 Å². The molecule has 0 aliphatic carbocycles. The molecule has 0 aromatic heterocycles. The lowest BCUT2D eigenvalue weighted by molar-refractivity contribution is -0.530. The third-order valence-corrected chi connectivity index (χ3v) is 3.68. The van der Waals surface area contributed by atoms with E-state index < -0.39 is 23.8 Å². The summed E-state index contributed by atoms with van der Waals surface area (Å²) in [5, 5.41) is 11.5. The van der Waals surface area contributed by atoms with Gasteiger partial charge >= 0.3 is 6.09 Å². The van der Waals surface area contributed by atoms with Gasteiger partial charge in [-0.25, -0.2) is 4.79 Å². The largest absolute Gasteiger partial charge is 0.443 e. The third kappa shape index (κ3) is 3.88. The number of allylic oxidation sites excluding steroid dienone is 1. The van der Waals surface area contributed by atoms with Crippen LogP contribution >= 0.6 is 0 Å².